The van der Waals surface area contributed by atoms with Crippen LogP contribution in [0.3, 0.4) is 0 Å². The van der Waals surface area contributed by atoms with Gasteiger partial charge < -0.3 is 23.6 Å². The van der Waals surface area contributed by atoms with Crippen LogP contribution >= 0.6 is 7.14 Å². The molecule has 392 valence electrons. The Balaban J connectivity index is 0.000000234. The summed E-state index contributed by atoms with van der Waals surface area (Å²) in [6, 6.07) is 28.8. The van der Waals surface area contributed by atoms with Crippen molar-refractivity contribution in [2.45, 2.75) is 198 Å². The first-order valence-corrected chi connectivity index (χ1v) is 36.3. The standard InChI is InChI=1S/C32H51O3PSi2.C28H40O4S/c1-31(2,3)37(7,8)34-27-23-26(24-28(25-27)35-38(9,10)32(4,5)6)21-22-36(33,29-17-13-11-14-18-29)30-19-15-12-16-20-30;1-20(14-16-33(31,32)25-8-4-3-5-9-25)26-12-13-27-22(7-6-15-28(26,27)2)11-10-21-17-23(29)19-24(30)18-21/h11-21,27-28H,22-25H2,1-10H3;3-5,8-11,20,23-24,26-27,29-30H,6-7,12-19H2,1-2H3/b;22-11+/t27-,28-;20-,23-,24-,26-,27+,28-/m11/s1. The first kappa shape index (κ1) is 57.6. The van der Waals surface area contributed by atoms with Crippen molar-refractivity contribution in [1.82, 2.24) is 0 Å². The quantitative estimate of drug-likeness (QED) is 0.0940. The van der Waals surface area contributed by atoms with E-state index >= 15 is 0 Å². The van der Waals surface area contributed by atoms with E-state index in [1.807, 2.05) is 66.7 Å². The summed E-state index contributed by atoms with van der Waals surface area (Å²) in [5.74, 6) is 1.69. The number of aliphatic hydroxyl groups is 2. The number of hydrogen-bond acceptors (Lipinski definition) is 7. The second-order valence-electron chi connectivity index (χ2n) is 25.1. The number of aliphatic hydroxyl groups excluding tert-OH is 2. The predicted molar refractivity (Wildman–Crippen MR) is 303 cm³/mol. The van der Waals surface area contributed by atoms with Crippen LogP contribution in [-0.4, -0.2) is 71.6 Å². The lowest BCUT2D eigenvalue weighted by Gasteiger charge is -2.45. The molecule has 0 aliphatic heterocycles. The molecule has 0 radical (unpaired) electrons. The summed E-state index contributed by atoms with van der Waals surface area (Å²) in [5, 5.41) is 22.1. The van der Waals surface area contributed by atoms with Gasteiger partial charge in [-0.2, -0.15) is 0 Å². The zero-order valence-corrected chi connectivity index (χ0v) is 49.3. The van der Waals surface area contributed by atoms with E-state index in [1.54, 1.807) is 24.3 Å². The normalized spacial score (nSPS) is 26.8. The molecule has 0 amide bonds. The summed E-state index contributed by atoms with van der Waals surface area (Å²) in [6.45, 7) is 27.9. The molecule has 7 nitrogen and oxygen atoms in total. The van der Waals surface area contributed by atoms with Crippen LogP contribution in [0.1, 0.15) is 132 Å². The molecule has 8 atom stereocenters. The fraction of sp³-hybridized carbons (Fsp3) is 0.600. The highest BCUT2D eigenvalue weighted by molar-refractivity contribution is 7.91. The fourth-order valence-electron chi connectivity index (χ4n) is 11.6. The lowest BCUT2D eigenvalue weighted by Crippen LogP contribution is -2.48. The highest BCUT2D eigenvalue weighted by Gasteiger charge is 2.51. The van der Waals surface area contributed by atoms with E-state index in [0.717, 1.165) is 41.9 Å². The molecule has 0 spiro atoms. The van der Waals surface area contributed by atoms with E-state index in [2.05, 4.69) is 99.8 Å². The van der Waals surface area contributed by atoms with E-state index < -0.39 is 45.8 Å². The molecule has 0 saturated heterocycles. The molecule has 11 heteroatoms. The maximum absolute atomic E-state index is 14.6. The van der Waals surface area contributed by atoms with Crippen molar-refractivity contribution >= 4 is 44.2 Å². The minimum atomic E-state index is -3.23. The summed E-state index contributed by atoms with van der Waals surface area (Å²) in [7, 11) is -9.92. The highest BCUT2D eigenvalue weighted by atomic mass is 32.2. The molecule has 0 bridgehead atoms. The van der Waals surface area contributed by atoms with Gasteiger partial charge in [0.25, 0.3) is 0 Å². The highest BCUT2D eigenvalue weighted by Crippen LogP contribution is 2.60. The van der Waals surface area contributed by atoms with Crippen LogP contribution in [0.15, 0.2) is 131 Å². The van der Waals surface area contributed by atoms with Crippen LogP contribution < -0.4 is 10.6 Å². The molecule has 4 saturated carbocycles. The van der Waals surface area contributed by atoms with Crippen LogP contribution in [0, 0.1) is 23.2 Å². The molecule has 4 aliphatic carbocycles. The molecular formula is C60H91O7PSSi2. The van der Waals surface area contributed by atoms with Crippen LogP contribution in [0.5, 0.6) is 0 Å². The average molecular weight is 1040 g/mol. The van der Waals surface area contributed by atoms with Crippen LogP contribution in [-0.2, 0) is 23.3 Å². The lowest BCUT2D eigenvalue weighted by molar-refractivity contribution is 0.0609. The number of allylic oxidation sites excluding steroid dienone is 4. The second-order valence-corrected chi connectivity index (χ2v) is 39.6. The van der Waals surface area contributed by atoms with Crippen LogP contribution in [0.2, 0.25) is 36.3 Å². The third-order valence-electron chi connectivity index (χ3n) is 17.8. The zero-order chi connectivity index (χ0) is 52.0. The average Bonchev–Trinajstić information content (AvgIpc) is 3.66. The Morgan fingerprint density at radius 2 is 1.21 bits per heavy atom. The Hall–Kier alpha value is -2.67. The van der Waals surface area contributed by atoms with Gasteiger partial charge in [0.1, 0.15) is 7.14 Å². The van der Waals surface area contributed by atoms with Gasteiger partial charge in [-0.15, -0.1) is 0 Å². The summed E-state index contributed by atoms with van der Waals surface area (Å²) >= 11 is 0. The summed E-state index contributed by atoms with van der Waals surface area (Å²) in [5.41, 5.74) is 4.22. The number of fused-ring (bicyclic) bond motifs is 1. The van der Waals surface area contributed by atoms with Crippen LogP contribution in [0.25, 0.3) is 0 Å². The minimum Gasteiger partial charge on any atom is -0.414 e. The molecule has 3 aromatic rings. The Bertz CT molecular complexity index is 2360. The Morgan fingerprint density at radius 3 is 1.70 bits per heavy atom. The molecule has 0 unspecified atom stereocenters. The molecule has 71 heavy (non-hydrogen) atoms. The maximum Gasteiger partial charge on any atom is 0.192 e. The van der Waals surface area contributed by atoms with E-state index in [-0.39, 0.29) is 33.5 Å². The van der Waals surface area contributed by atoms with Gasteiger partial charge in [0.2, 0.25) is 0 Å². The van der Waals surface area contributed by atoms with E-state index in [4.69, 9.17) is 8.85 Å². The Labute approximate surface area is 433 Å². The number of sulfone groups is 1. The van der Waals surface area contributed by atoms with Gasteiger partial charge in [-0.3, -0.25) is 0 Å². The van der Waals surface area contributed by atoms with Crippen LogP contribution in [0.4, 0.5) is 0 Å². The summed E-state index contributed by atoms with van der Waals surface area (Å²) in [6.07, 6.45) is 17.8. The zero-order valence-electron chi connectivity index (χ0n) is 45.6. The Morgan fingerprint density at radius 1 is 0.718 bits per heavy atom. The maximum atomic E-state index is 14.6. The smallest absolute Gasteiger partial charge is 0.192 e. The number of hydrogen-bond donors (Lipinski definition) is 2. The lowest BCUT2D eigenvalue weighted by atomic mass is 9.61. The first-order chi connectivity index (χ1) is 33.1. The number of rotatable bonds is 14. The molecule has 0 heterocycles. The van der Waals surface area contributed by atoms with Crippen molar-refractivity contribution in [2.24, 2.45) is 23.2 Å². The van der Waals surface area contributed by atoms with E-state index in [9.17, 15) is 23.2 Å². The van der Waals surface area contributed by atoms with E-state index in [1.165, 1.54) is 36.8 Å². The fourth-order valence-corrected chi connectivity index (χ4v) is 18.4. The molecule has 4 fully saturated rings. The van der Waals surface area contributed by atoms with Gasteiger partial charge in [0.05, 0.1) is 35.1 Å². The van der Waals surface area contributed by atoms with Crippen molar-refractivity contribution in [2.75, 3.05) is 11.9 Å². The number of benzene rings is 3. The van der Waals surface area contributed by atoms with Crippen molar-refractivity contribution < 1.29 is 32.0 Å². The monoisotopic (exact) mass is 1040 g/mol. The summed E-state index contributed by atoms with van der Waals surface area (Å²) < 4.78 is 54.2. The van der Waals surface area contributed by atoms with E-state index in [0.29, 0.717) is 54.5 Å². The van der Waals surface area contributed by atoms with Gasteiger partial charge in [0.15, 0.2) is 26.5 Å². The van der Waals surface area contributed by atoms with Crippen molar-refractivity contribution in [3.63, 3.8) is 0 Å². The predicted octanol–water partition coefficient (Wildman–Crippen LogP) is 14.4. The molecule has 7 rings (SSSR count). The van der Waals surface area contributed by atoms with Crippen molar-refractivity contribution in [1.29, 1.82) is 0 Å². The molecular weight excluding hydrogens is 952 g/mol. The van der Waals surface area contributed by atoms with Gasteiger partial charge in [-0.25, -0.2) is 8.42 Å². The molecule has 2 N–H and O–H groups in total. The molecule has 4 aliphatic rings. The SMILES string of the molecule is CC(C)(C)[Si](C)(C)O[C@@H]1CC(=CCP(=O)(c2ccccc2)c2ccccc2)C[C@@H](O[Si](C)(C)C(C)(C)C)C1.C[C@H](CCS(=O)(=O)c1ccccc1)[C@H]1CC[C@H]2/C(=C/C=C3C[C@@H](O)C[C@H](O)C3)CCC[C@]12C. The van der Waals surface area contributed by atoms with Crippen molar-refractivity contribution in [3.05, 3.63) is 126 Å². The van der Waals surface area contributed by atoms with Gasteiger partial charge >= 0.3 is 0 Å². The van der Waals surface area contributed by atoms with Gasteiger partial charge in [-0.1, -0.05) is 169 Å². The topological polar surface area (TPSA) is 110 Å². The minimum absolute atomic E-state index is 0.137. The first-order valence-electron chi connectivity index (χ1n) is 26.9. The summed E-state index contributed by atoms with van der Waals surface area (Å²) in [4.78, 5) is 0.432. The van der Waals surface area contributed by atoms with Gasteiger partial charge in [0, 0.05) is 16.8 Å². The van der Waals surface area contributed by atoms with Gasteiger partial charge in [-0.05, 0) is 149 Å². The molecule has 3 aromatic carbocycles. The van der Waals surface area contributed by atoms with Crippen molar-refractivity contribution in [3.8, 4) is 0 Å². The Kier molecular flexibility index (Phi) is 19.1. The molecule has 0 aromatic heterocycles. The largest absolute Gasteiger partial charge is 0.414 e. The second kappa shape index (κ2) is 23.5. The third kappa shape index (κ3) is 14.6. The third-order valence-corrected chi connectivity index (χ3v) is 31.6.